The summed E-state index contributed by atoms with van der Waals surface area (Å²) in [6.07, 6.45) is 2.21. The fraction of sp³-hybridized carbons (Fsp3) is 0.562. The first-order valence-electron chi connectivity index (χ1n) is 7.31. The summed E-state index contributed by atoms with van der Waals surface area (Å²) in [5.74, 6) is 0. The minimum absolute atomic E-state index is 0.456. The van der Waals surface area contributed by atoms with Crippen LogP contribution in [0.1, 0.15) is 46.1 Å². The maximum Gasteiger partial charge on any atom is 0.0628 e. The molecule has 0 aliphatic heterocycles. The van der Waals surface area contributed by atoms with E-state index in [4.69, 9.17) is 0 Å². The van der Waals surface area contributed by atoms with E-state index in [1.54, 1.807) is 0 Å². The first-order valence-corrected chi connectivity index (χ1v) is 8.13. The Kier molecular flexibility index (Phi) is 5.00. The Morgan fingerprint density at radius 2 is 2.05 bits per heavy atom. The Labute approximate surface area is 126 Å². The molecule has 2 rings (SSSR count). The summed E-state index contributed by atoms with van der Waals surface area (Å²) < 4.78 is 1.99. The molecule has 2 aromatic heterocycles. The molecule has 110 valence electrons. The summed E-state index contributed by atoms with van der Waals surface area (Å²) in [5, 5.41) is 8.12. The fourth-order valence-corrected chi connectivity index (χ4v) is 3.69. The molecule has 3 nitrogen and oxygen atoms in total. The molecular weight excluding hydrogens is 266 g/mol. The first kappa shape index (κ1) is 15.3. The number of rotatable bonds is 6. The van der Waals surface area contributed by atoms with Crippen LogP contribution in [0.4, 0.5) is 0 Å². The molecule has 0 saturated carbocycles. The third kappa shape index (κ3) is 3.30. The predicted molar refractivity (Wildman–Crippen MR) is 86.5 cm³/mol. The molecule has 0 bridgehead atoms. The lowest BCUT2D eigenvalue weighted by Crippen LogP contribution is -2.20. The topological polar surface area (TPSA) is 29.9 Å². The van der Waals surface area contributed by atoms with Crippen LogP contribution in [0.3, 0.4) is 0 Å². The van der Waals surface area contributed by atoms with E-state index in [2.05, 4.69) is 50.2 Å². The largest absolute Gasteiger partial charge is 0.310 e. The van der Waals surface area contributed by atoms with Gasteiger partial charge in [-0.25, -0.2) is 0 Å². The van der Waals surface area contributed by atoms with Crippen LogP contribution in [0.25, 0.3) is 0 Å². The third-order valence-electron chi connectivity index (χ3n) is 3.90. The highest BCUT2D eigenvalue weighted by Gasteiger charge is 2.15. The van der Waals surface area contributed by atoms with Gasteiger partial charge in [0.1, 0.15) is 0 Å². The molecule has 0 aromatic carbocycles. The highest BCUT2D eigenvalue weighted by atomic mass is 32.1. The maximum absolute atomic E-state index is 4.51. The molecule has 0 amide bonds. The fourth-order valence-electron chi connectivity index (χ4n) is 2.70. The van der Waals surface area contributed by atoms with Crippen molar-refractivity contribution in [3.05, 3.63) is 38.8 Å². The van der Waals surface area contributed by atoms with Gasteiger partial charge in [-0.05, 0) is 57.9 Å². The normalized spacial score (nSPS) is 12.8. The van der Waals surface area contributed by atoms with Crippen molar-refractivity contribution >= 4 is 11.3 Å². The molecule has 1 unspecified atom stereocenters. The predicted octanol–water partition coefficient (Wildman–Crippen LogP) is 3.69. The molecule has 0 fully saturated rings. The number of nitrogens with one attached hydrogen (secondary N) is 1. The van der Waals surface area contributed by atoms with E-state index in [0.29, 0.717) is 6.04 Å². The molecule has 1 atom stereocenters. The van der Waals surface area contributed by atoms with E-state index in [1.165, 1.54) is 26.7 Å². The second-order valence-corrected chi connectivity index (χ2v) is 6.69. The quantitative estimate of drug-likeness (QED) is 0.879. The van der Waals surface area contributed by atoms with Crippen molar-refractivity contribution < 1.29 is 0 Å². The third-order valence-corrected chi connectivity index (χ3v) is 5.01. The summed E-state index contributed by atoms with van der Waals surface area (Å²) in [6, 6.07) is 4.93. The Morgan fingerprint density at radius 1 is 1.30 bits per heavy atom. The number of thiophene rings is 1. The van der Waals surface area contributed by atoms with Gasteiger partial charge in [-0.15, -0.1) is 11.3 Å². The van der Waals surface area contributed by atoms with Crippen LogP contribution in [0.2, 0.25) is 0 Å². The van der Waals surface area contributed by atoms with Gasteiger partial charge in [0, 0.05) is 28.5 Å². The first-order chi connectivity index (χ1) is 9.52. The summed E-state index contributed by atoms with van der Waals surface area (Å²) in [6.45, 7) is 9.62. The molecule has 0 aliphatic carbocycles. The lowest BCUT2D eigenvalue weighted by Gasteiger charge is -2.16. The highest BCUT2D eigenvalue weighted by molar-refractivity contribution is 7.12. The SMILES string of the molecule is CCNC(CCc1c(C)nn(C)c1C)c1ccc(C)s1. The minimum atomic E-state index is 0.456. The minimum Gasteiger partial charge on any atom is -0.310 e. The van der Waals surface area contributed by atoms with Crippen LogP contribution in [-0.4, -0.2) is 16.3 Å². The summed E-state index contributed by atoms with van der Waals surface area (Å²) in [4.78, 5) is 2.83. The monoisotopic (exact) mass is 291 g/mol. The Balaban J connectivity index is 2.09. The van der Waals surface area contributed by atoms with Gasteiger partial charge in [0.05, 0.1) is 5.69 Å². The van der Waals surface area contributed by atoms with E-state index >= 15 is 0 Å². The van der Waals surface area contributed by atoms with Gasteiger partial charge in [-0.1, -0.05) is 6.92 Å². The molecule has 0 radical (unpaired) electrons. The molecule has 1 N–H and O–H groups in total. The standard InChI is InChI=1S/C16H25N3S/c1-6-17-15(16-10-7-11(2)20-16)9-8-14-12(3)18-19(5)13(14)4/h7,10,15,17H,6,8-9H2,1-5H3. The number of hydrogen-bond acceptors (Lipinski definition) is 3. The molecular formula is C16H25N3S. The van der Waals surface area contributed by atoms with Crippen LogP contribution in [-0.2, 0) is 13.5 Å². The molecule has 2 aromatic rings. The van der Waals surface area contributed by atoms with Crippen LogP contribution >= 0.6 is 11.3 Å². The van der Waals surface area contributed by atoms with Gasteiger partial charge in [-0.2, -0.15) is 5.10 Å². The molecule has 0 spiro atoms. The zero-order chi connectivity index (χ0) is 14.7. The second-order valence-electron chi connectivity index (χ2n) is 5.37. The van der Waals surface area contributed by atoms with Crippen molar-refractivity contribution in [2.24, 2.45) is 7.05 Å². The van der Waals surface area contributed by atoms with Crippen molar-refractivity contribution in [2.75, 3.05) is 6.54 Å². The zero-order valence-corrected chi connectivity index (χ0v) is 14.0. The van der Waals surface area contributed by atoms with E-state index in [0.717, 1.165) is 19.4 Å². The van der Waals surface area contributed by atoms with Gasteiger partial charge < -0.3 is 5.32 Å². The Bertz CT molecular complexity index is 568. The zero-order valence-electron chi connectivity index (χ0n) is 13.2. The van der Waals surface area contributed by atoms with E-state index in [9.17, 15) is 0 Å². The summed E-state index contributed by atoms with van der Waals surface area (Å²) in [7, 11) is 2.02. The molecule has 0 saturated heterocycles. The number of aryl methyl sites for hydroxylation is 3. The van der Waals surface area contributed by atoms with Crippen molar-refractivity contribution in [3.8, 4) is 0 Å². The Hall–Kier alpha value is -1.13. The van der Waals surface area contributed by atoms with Crippen molar-refractivity contribution in [2.45, 2.75) is 46.6 Å². The molecule has 2 heterocycles. The Morgan fingerprint density at radius 3 is 2.55 bits per heavy atom. The molecule has 0 aliphatic rings. The smallest absolute Gasteiger partial charge is 0.0628 e. The van der Waals surface area contributed by atoms with Crippen molar-refractivity contribution in [3.63, 3.8) is 0 Å². The van der Waals surface area contributed by atoms with E-state index in [-0.39, 0.29) is 0 Å². The van der Waals surface area contributed by atoms with Crippen molar-refractivity contribution in [1.29, 1.82) is 0 Å². The number of hydrogen-bond donors (Lipinski definition) is 1. The van der Waals surface area contributed by atoms with Crippen molar-refractivity contribution in [1.82, 2.24) is 15.1 Å². The molecule has 20 heavy (non-hydrogen) atoms. The summed E-state index contributed by atoms with van der Waals surface area (Å²) >= 11 is 1.90. The summed E-state index contributed by atoms with van der Waals surface area (Å²) in [5.41, 5.74) is 3.87. The van der Waals surface area contributed by atoms with Crippen LogP contribution < -0.4 is 5.32 Å². The molecule has 4 heteroatoms. The van der Waals surface area contributed by atoms with Gasteiger partial charge in [0.2, 0.25) is 0 Å². The van der Waals surface area contributed by atoms with E-state index in [1.807, 2.05) is 23.1 Å². The maximum atomic E-state index is 4.51. The highest BCUT2D eigenvalue weighted by Crippen LogP contribution is 2.27. The number of aromatic nitrogens is 2. The van der Waals surface area contributed by atoms with Crippen LogP contribution in [0, 0.1) is 20.8 Å². The average molecular weight is 291 g/mol. The van der Waals surface area contributed by atoms with Gasteiger partial charge in [0.25, 0.3) is 0 Å². The lowest BCUT2D eigenvalue weighted by molar-refractivity contribution is 0.522. The number of nitrogens with zero attached hydrogens (tertiary/aromatic N) is 2. The van der Waals surface area contributed by atoms with E-state index < -0.39 is 0 Å². The van der Waals surface area contributed by atoms with Gasteiger partial charge in [0.15, 0.2) is 0 Å². The lowest BCUT2D eigenvalue weighted by atomic mass is 10.0. The van der Waals surface area contributed by atoms with Gasteiger partial charge >= 0.3 is 0 Å². The second kappa shape index (κ2) is 6.55. The van der Waals surface area contributed by atoms with Gasteiger partial charge in [-0.3, -0.25) is 4.68 Å². The average Bonchev–Trinajstić information content (AvgIpc) is 2.92. The van der Waals surface area contributed by atoms with Crippen LogP contribution in [0.5, 0.6) is 0 Å². The van der Waals surface area contributed by atoms with Crippen LogP contribution in [0.15, 0.2) is 12.1 Å².